The number of anilines is 1. The Morgan fingerprint density at radius 2 is 1.85 bits per heavy atom. The Morgan fingerprint density at radius 3 is 2.50 bits per heavy atom. The molecule has 0 fully saturated rings. The van der Waals surface area contributed by atoms with Crippen LogP contribution in [0, 0.1) is 5.82 Å². The first-order valence-electron chi connectivity index (χ1n) is 6.44. The molecule has 0 aliphatic carbocycles. The molecule has 0 saturated carbocycles. The molecule has 0 radical (unpaired) electrons. The highest BCUT2D eigenvalue weighted by Gasteiger charge is 2.06. The van der Waals surface area contributed by atoms with E-state index >= 15 is 0 Å². The molecule has 2 N–H and O–H groups in total. The summed E-state index contributed by atoms with van der Waals surface area (Å²) < 4.78 is 24.2. The average molecular weight is 275 g/mol. The molecule has 0 aromatic heterocycles. The maximum absolute atomic E-state index is 13.6. The quantitative estimate of drug-likeness (QED) is 0.823. The van der Waals surface area contributed by atoms with Crippen LogP contribution in [-0.2, 0) is 17.8 Å². The van der Waals surface area contributed by atoms with E-state index in [-0.39, 0.29) is 12.4 Å². The fraction of sp³-hybridized carbons (Fsp3) is 0.250. The van der Waals surface area contributed by atoms with Gasteiger partial charge in [-0.25, -0.2) is 4.39 Å². The highest BCUT2D eigenvalue weighted by molar-refractivity contribution is 5.47. The molecule has 0 aliphatic heterocycles. The van der Waals surface area contributed by atoms with Crippen LogP contribution in [0.25, 0.3) is 0 Å². The summed E-state index contributed by atoms with van der Waals surface area (Å²) in [5.74, 6) is 0.343. The minimum Gasteiger partial charge on any atom is -0.489 e. The van der Waals surface area contributed by atoms with E-state index in [0.717, 1.165) is 6.42 Å². The zero-order chi connectivity index (χ0) is 14.4. The number of methoxy groups -OCH3 is 1. The van der Waals surface area contributed by atoms with Crippen LogP contribution in [0.4, 0.5) is 10.1 Å². The number of hydrogen-bond donors (Lipinski definition) is 1. The number of ether oxygens (including phenoxy) is 2. The molecule has 2 rings (SSSR count). The summed E-state index contributed by atoms with van der Waals surface area (Å²) in [5.41, 5.74) is 7.69. The maximum atomic E-state index is 13.6. The first-order chi connectivity index (χ1) is 9.70. The first kappa shape index (κ1) is 14.3. The van der Waals surface area contributed by atoms with Crippen molar-refractivity contribution in [2.75, 3.05) is 19.5 Å². The van der Waals surface area contributed by atoms with Gasteiger partial charge < -0.3 is 15.2 Å². The van der Waals surface area contributed by atoms with Crippen LogP contribution in [0.2, 0.25) is 0 Å². The van der Waals surface area contributed by atoms with Crippen molar-refractivity contribution in [3.8, 4) is 5.75 Å². The van der Waals surface area contributed by atoms with E-state index in [1.54, 1.807) is 19.2 Å². The molecule has 4 heteroatoms. The molecule has 0 bridgehead atoms. The smallest absolute Gasteiger partial charge is 0.131 e. The third-order valence-corrected chi connectivity index (χ3v) is 3.06. The van der Waals surface area contributed by atoms with Crippen molar-refractivity contribution in [2.45, 2.75) is 13.0 Å². The molecule has 0 aliphatic rings. The molecule has 2 aromatic rings. The summed E-state index contributed by atoms with van der Waals surface area (Å²) in [6.45, 7) is 0.807. The van der Waals surface area contributed by atoms with Gasteiger partial charge in [-0.3, -0.25) is 0 Å². The lowest BCUT2D eigenvalue weighted by molar-refractivity contribution is 0.202. The number of rotatable bonds is 6. The number of halogens is 1. The summed E-state index contributed by atoms with van der Waals surface area (Å²) in [5, 5.41) is 0. The second-order valence-corrected chi connectivity index (χ2v) is 4.48. The second-order valence-electron chi connectivity index (χ2n) is 4.48. The summed E-state index contributed by atoms with van der Waals surface area (Å²) in [6, 6.07) is 12.3. The predicted molar refractivity (Wildman–Crippen MR) is 77.2 cm³/mol. The Hall–Kier alpha value is -2.07. The van der Waals surface area contributed by atoms with Gasteiger partial charge in [0.2, 0.25) is 0 Å². The number of nitrogen functional groups attached to an aromatic ring is 1. The van der Waals surface area contributed by atoms with Gasteiger partial charge >= 0.3 is 0 Å². The van der Waals surface area contributed by atoms with Crippen LogP contribution in [0.5, 0.6) is 5.75 Å². The SMILES string of the molecule is COCCc1ccc(OCc2c(N)cccc2F)cc1. The van der Waals surface area contributed by atoms with Gasteiger partial charge in [0.15, 0.2) is 0 Å². The van der Waals surface area contributed by atoms with E-state index < -0.39 is 0 Å². The molecule has 20 heavy (non-hydrogen) atoms. The average Bonchev–Trinajstić information content (AvgIpc) is 2.46. The fourth-order valence-electron chi connectivity index (χ4n) is 1.86. The van der Waals surface area contributed by atoms with Gasteiger partial charge in [0, 0.05) is 18.4 Å². The first-order valence-corrected chi connectivity index (χ1v) is 6.44. The van der Waals surface area contributed by atoms with Crippen LogP contribution < -0.4 is 10.5 Å². The minimum atomic E-state index is -0.346. The van der Waals surface area contributed by atoms with E-state index in [0.29, 0.717) is 23.6 Å². The summed E-state index contributed by atoms with van der Waals surface area (Å²) in [4.78, 5) is 0. The standard InChI is InChI=1S/C16H18FNO2/c1-19-10-9-12-5-7-13(8-6-12)20-11-14-15(17)3-2-4-16(14)18/h2-8H,9-11,18H2,1H3. The van der Waals surface area contributed by atoms with Crippen molar-refractivity contribution in [3.63, 3.8) is 0 Å². The molecular weight excluding hydrogens is 257 g/mol. The second kappa shape index (κ2) is 6.91. The van der Waals surface area contributed by atoms with E-state index in [4.69, 9.17) is 15.2 Å². The molecule has 0 heterocycles. The highest BCUT2D eigenvalue weighted by Crippen LogP contribution is 2.19. The van der Waals surface area contributed by atoms with Gasteiger partial charge in [-0.05, 0) is 36.2 Å². The van der Waals surface area contributed by atoms with Crippen LogP contribution >= 0.6 is 0 Å². The third-order valence-electron chi connectivity index (χ3n) is 3.06. The van der Waals surface area contributed by atoms with Gasteiger partial charge in [0.05, 0.1) is 6.61 Å². The fourth-order valence-corrected chi connectivity index (χ4v) is 1.86. The van der Waals surface area contributed by atoms with Crippen molar-refractivity contribution in [3.05, 3.63) is 59.4 Å². The topological polar surface area (TPSA) is 44.5 Å². The number of nitrogens with two attached hydrogens (primary N) is 1. The lowest BCUT2D eigenvalue weighted by Crippen LogP contribution is -2.03. The minimum absolute atomic E-state index is 0.121. The zero-order valence-corrected chi connectivity index (χ0v) is 11.4. The van der Waals surface area contributed by atoms with Crippen LogP contribution in [0.15, 0.2) is 42.5 Å². The Morgan fingerprint density at radius 1 is 1.10 bits per heavy atom. The Labute approximate surface area is 118 Å². The normalized spacial score (nSPS) is 10.5. The Kier molecular flexibility index (Phi) is 4.96. The number of benzene rings is 2. The summed E-state index contributed by atoms with van der Waals surface area (Å²) in [7, 11) is 1.68. The van der Waals surface area contributed by atoms with Gasteiger partial charge in [-0.15, -0.1) is 0 Å². The molecule has 0 saturated heterocycles. The lowest BCUT2D eigenvalue weighted by Gasteiger charge is -2.10. The van der Waals surface area contributed by atoms with E-state index in [9.17, 15) is 4.39 Å². The van der Waals surface area contributed by atoms with Crippen LogP contribution in [0.3, 0.4) is 0 Å². The molecule has 3 nitrogen and oxygen atoms in total. The van der Waals surface area contributed by atoms with Crippen LogP contribution in [0.1, 0.15) is 11.1 Å². The van der Waals surface area contributed by atoms with Crippen molar-refractivity contribution >= 4 is 5.69 Å². The largest absolute Gasteiger partial charge is 0.489 e. The lowest BCUT2D eigenvalue weighted by atomic mass is 10.1. The van der Waals surface area contributed by atoms with Crippen molar-refractivity contribution < 1.29 is 13.9 Å². The van der Waals surface area contributed by atoms with Crippen molar-refractivity contribution in [2.24, 2.45) is 0 Å². The van der Waals surface area contributed by atoms with Gasteiger partial charge in [-0.1, -0.05) is 18.2 Å². The molecule has 0 unspecified atom stereocenters. The zero-order valence-electron chi connectivity index (χ0n) is 11.4. The molecule has 0 amide bonds. The monoisotopic (exact) mass is 275 g/mol. The van der Waals surface area contributed by atoms with E-state index in [1.807, 2.05) is 24.3 Å². The molecule has 2 aromatic carbocycles. The highest BCUT2D eigenvalue weighted by atomic mass is 19.1. The molecule has 0 atom stereocenters. The Bertz CT molecular complexity index is 535. The van der Waals surface area contributed by atoms with Gasteiger partial charge in [0.25, 0.3) is 0 Å². The van der Waals surface area contributed by atoms with E-state index in [1.165, 1.54) is 11.6 Å². The van der Waals surface area contributed by atoms with Crippen LogP contribution in [-0.4, -0.2) is 13.7 Å². The predicted octanol–water partition coefficient (Wildman–Crippen LogP) is 3.18. The molecule has 106 valence electrons. The third kappa shape index (κ3) is 3.71. The van der Waals surface area contributed by atoms with Crippen molar-refractivity contribution in [1.82, 2.24) is 0 Å². The number of hydrogen-bond acceptors (Lipinski definition) is 3. The summed E-state index contributed by atoms with van der Waals surface area (Å²) in [6.07, 6.45) is 0.858. The molecular formula is C16H18FNO2. The maximum Gasteiger partial charge on any atom is 0.131 e. The van der Waals surface area contributed by atoms with Crippen molar-refractivity contribution in [1.29, 1.82) is 0 Å². The molecule has 0 spiro atoms. The van der Waals surface area contributed by atoms with Gasteiger partial charge in [0.1, 0.15) is 18.2 Å². The van der Waals surface area contributed by atoms with E-state index in [2.05, 4.69) is 0 Å². The van der Waals surface area contributed by atoms with Gasteiger partial charge in [-0.2, -0.15) is 0 Å². The Balaban J connectivity index is 1.97. The summed E-state index contributed by atoms with van der Waals surface area (Å²) >= 11 is 0.